The molecule has 0 aliphatic carbocycles. The van der Waals surface area contributed by atoms with Gasteiger partial charge in [-0.15, -0.1) is 0 Å². The molecule has 2 aromatic carbocycles. The van der Waals surface area contributed by atoms with Crippen LogP contribution in [0.25, 0.3) is 11.0 Å². The molecule has 0 saturated heterocycles. The summed E-state index contributed by atoms with van der Waals surface area (Å²) < 4.78 is 12.9. The van der Waals surface area contributed by atoms with Crippen molar-refractivity contribution < 1.29 is 4.55 Å². The lowest BCUT2D eigenvalue weighted by Gasteiger charge is -2.24. The van der Waals surface area contributed by atoms with Gasteiger partial charge in [0, 0.05) is 36.5 Å². The van der Waals surface area contributed by atoms with Crippen LogP contribution in [0.1, 0.15) is 31.9 Å². The number of anilines is 1. The molecule has 25 heavy (non-hydrogen) atoms. The van der Waals surface area contributed by atoms with Gasteiger partial charge in [0.1, 0.15) is 5.75 Å². The molecule has 4 nitrogen and oxygen atoms in total. The van der Waals surface area contributed by atoms with Crippen molar-refractivity contribution in [2.24, 2.45) is 0 Å². The summed E-state index contributed by atoms with van der Waals surface area (Å²) in [6, 6.07) is 14.2. The lowest BCUT2D eigenvalue weighted by molar-refractivity contribution is 0.584. The van der Waals surface area contributed by atoms with Gasteiger partial charge in [0.25, 0.3) is 0 Å². The summed E-state index contributed by atoms with van der Waals surface area (Å²) in [5.74, 6) is 0.442. The van der Waals surface area contributed by atoms with Crippen LogP contribution in [0.3, 0.4) is 0 Å². The SMILES string of the molecule is CN(C)c1ccc(C(C)(C)C)cc1C[S+]([O-])c1nc2ccccc2[nH]1. The highest BCUT2D eigenvalue weighted by molar-refractivity contribution is 7.90. The largest absolute Gasteiger partial charge is 0.609 e. The zero-order valence-corrected chi connectivity index (χ0v) is 16.3. The molecule has 0 spiro atoms. The molecule has 0 radical (unpaired) electrons. The fourth-order valence-corrected chi connectivity index (χ4v) is 3.93. The van der Waals surface area contributed by atoms with Crippen LogP contribution in [-0.2, 0) is 22.3 Å². The summed E-state index contributed by atoms with van der Waals surface area (Å²) in [7, 11) is 4.03. The van der Waals surface area contributed by atoms with Gasteiger partial charge < -0.3 is 9.45 Å². The molecule has 0 aliphatic heterocycles. The van der Waals surface area contributed by atoms with Gasteiger partial charge in [-0.05, 0) is 35.2 Å². The van der Waals surface area contributed by atoms with E-state index in [-0.39, 0.29) is 5.41 Å². The second-order valence-electron chi connectivity index (χ2n) is 7.54. The van der Waals surface area contributed by atoms with Crippen LogP contribution in [0.15, 0.2) is 47.6 Å². The Kier molecular flexibility index (Phi) is 4.80. The molecule has 1 N–H and O–H groups in total. The Morgan fingerprint density at radius 2 is 1.84 bits per heavy atom. The van der Waals surface area contributed by atoms with E-state index in [0.717, 1.165) is 22.3 Å². The minimum Gasteiger partial charge on any atom is -0.609 e. The molecule has 3 aromatic rings. The van der Waals surface area contributed by atoms with Gasteiger partial charge in [0.2, 0.25) is 0 Å². The summed E-state index contributed by atoms with van der Waals surface area (Å²) in [5, 5.41) is 0.534. The predicted octanol–water partition coefficient (Wildman–Crippen LogP) is 4.23. The quantitative estimate of drug-likeness (QED) is 0.712. The summed E-state index contributed by atoms with van der Waals surface area (Å²) >= 11 is -1.22. The minimum atomic E-state index is -1.22. The highest BCUT2D eigenvalue weighted by Crippen LogP contribution is 2.30. The smallest absolute Gasteiger partial charge is 0.321 e. The van der Waals surface area contributed by atoms with Crippen LogP contribution in [0.4, 0.5) is 5.69 Å². The fraction of sp³-hybridized carbons (Fsp3) is 0.350. The van der Waals surface area contributed by atoms with Gasteiger partial charge in [0.05, 0.1) is 11.0 Å². The van der Waals surface area contributed by atoms with E-state index in [2.05, 4.69) is 53.8 Å². The van der Waals surface area contributed by atoms with Crippen LogP contribution in [-0.4, -0.2) is 28.6 Å². The lowest BCUT2D eigenvalue weighted by atomic mass is 9.86. The third-order valence-electron chi connectivity index (χ3n) is 4.30. The number of hydrogen-bond donors (Lipinski definition) is 1. The maximum atomic E-state index is 12.9. The number of benzene rings is 2. The number of aromatic nitrogens is 2. The Balaban J connectivity index is 1.94. The zero-order valence-electron chi connectivity index (χ0n) is 15.5. The van der Waals surface area contributed by atoms with Crippen LogP contribution < -0.4 is 4.90 Å². The van der Waals surface area contributed by atoms with Crippen molar-refractivity contribution in [2.45, 2.75) is 37.1 Å². The van der Waals surface area contributed by atoms with Gasteiger partial charge in [-0.25, -0.2) is 0 Å². The molecule has 132 valence electrons. The molecular formula is C20H25N3OS. The Morgan fingerprint density at radius 3 is 2.48 bits per heavy atom. The number of aromatic amines is 1. The number of imidazole rings is 1. The topological polar surface area (TPSA) is 55.0 Å². The molecule has 1 aromatic heterocycles. The maximum Gasteiger partial charge on any atom is 0.321 e. The Labute approximate surface area is 152 Å². The van der Waals surface area contributed by atoms with Gasteiger partial charge >= 0.3 is 5.16 Å². The Hall–Kier alpha value is -1.98. The second kappa shape index (κ2) is 6.73. The molecule has 0 amide bonds. The van der Waals surface area contributed by atoms with E-state index in [4.69, 9.17) is 0 Å². The van der Waals surface area contributed by atoms with E-state index in [1.165, 1.54) is 5.56 Å². The van der Waals surface area contributed by atoms with Gasteiger partial charge in [0.15, 0.2) is 0 Å². The third kappa shape index (κ3) is 3.83. The first-order valence-electron chi connectivity index (χ1n) is 8.39. The third-order valence-corrected chi connectivity index (χ3v) is 5.50. The minimum absolute atomic E-state index is 0.0560. The van der Waals surface area contributed by atoms with Crippen molar-refractivity contribution in [3.05, 3.63) is 53.6 Å². The summed E-state index contributed by atoms with van der Waals surface area (Å²) in [6.45, 7) is 6.58. The van der Waals surface area contributed by atoms with Crippen molar-refractivity contribution >= 4 is 27.9 Å². The van der Waals surface area contributed by atoms with Crippen molar-refractivity contribution in [1.29, 1.82) is 0 Å². The number of rotatable bonds is 4. The van der Waals surface area contributed by atoms with Crippen LogP contribution in [0.2, 0.25) is 0 Å². The van der Waals surface area contributed by atoms with Crippen molar-refractivity contribution in [3.8, 4) is 0 Å². The van der Waals surface area contributed by atoms with E-state index in [1.54, 1.807) is 0 Å². The van der Waals surface area contributed by atoms with Crippen LogP contribution in [0.5, 0.6) is 0 Å². The van der Waals surface area contributed by atoms with Crippen LogP contribution >= 0.6 is 0 Å². The summed E-state index contributed by atoms with van der Waals surface area (Å²) in [5.41, 5.74) is 5.24. The number of H-pyrrole nitrogens is 1. The Bertz CT molecular complexity index is 847. The average Bonchev–Trinajstić information content (AvgIpc) is 2.98. The molecule has 5 heteroatoms. The maximum absolute atomic E-state index is 12.9. The van der Waals surface area contributed by atoms with E-state index in [9.17, 15) is 4.55 Å². The van der Waals surface area contributed by atoms with Crippen molar-refractivity contribution in [1.82, 2.24) is 9.97 Å². The summed E-state index contributed by atoms with van der Waals surface area (Å²) in [6.07, 6.45) is 0. The van der Waals surface area contributed by atoms with Gasteiger partial charge in [-0.2, -0.15) is 4.98 Å². The normalized spacial score (nSPS) is 13.2. The molecule has 0 aliphatic rings. The highest BCUT2D eigenvalue weighted by atomic mass is 32.2. The molecular weight excluding hydrogens is 330 g/mol. The molecule has 0 fully saturated rings. The first kappa shape index (κ1) is 17.8. The first-order chi connectivity index (χ1) is 11.8. The standard InChI is InChI=1S/C20H25N3OS/c1-20(2,3)15-10-11-18(23(4)5)14(12-15)13-25(24)19-21-16-8-6-7-9-17(16)22-19/h6-12H,13H2,1-5H3,(H,21,22). The number of hydrogen-bond acceptors (Lipinski definition) is 3. The van der Waals surface area contributed by atoms with Gasteiger partial charge in [-0.3, -0.25) is 4.98 Å². The molecule has 0 bridgehead atoms. The first-order valence-corrected chi connectivity index (χ1v) is 9.71. The molecule has 0 saturated carbocycles. The molecule has 1 unspecified atom stereocenters. The number of nitrogens with one attached hydrogen (secondary N) is 1. The van der Waals surface area contributed by atoms with Crippen LogP contribution in [0, 0.1) is 0 Å². The monoisotopic (exact) mass is 355 g/mol. The van der Waals surface area contributed by atoms with E-state index >= 15 is 0 Å². The number of para-hydroxylation sites is 2. The van der Waals surface area contributed by atoms with E-state index < -0.39 is 11.2 Å². The van der Waals surface area contributed by atoms with E-state index in [1.807, 2.05) is 38.4 Å². The zero-order chi connectivity index (χ0) is 18.2. The second-order valence-corrected chi connectivity index (χ2v) is 8.90. The summed E-state index contributed by atoms with van der Waals surface area (Å²) in [4.78, 5) is 9.74. The van der Waals surface area contributed by atoms with Crippen molar-refractivity contribution in [2.75, 3.05) is 19.0 Å². The Morgan fingerprint density at radius 1 is 1.12 bits per heavy atom. The highest BCUT2D eigenvalue weighted by Gasteiger charge is 2.22. The van der Waals surface area contributed by atoms with Crippen molar-refractivity contribution in [3.63, 3.8) is 0 Å². The molecule has 1 heterocycles. The average molecular weight is 356 g/mol. The lowest BCUT2D eigenvalue weighted by Crippen LogP contribution is -2.17. The van der Waals surface area contributed by atoms with Gasteiger partial charge in [-0.1, -0.05) is 39.0 Å². The number of fused-ring (bicyclic) bond motifs is 1. The number of nitrogens with zero attached hydrogens (tertiary/aromatic N) is 2. The predicted molar refractivity (Wildman–Crippen MR) is 106 cm³/mol. The fourth-order valence-electron chi connectivity index (χ4n) is 2.85. The molecule has 1 atom stereocenters. The van der Waals surface area contributed by atoms with E-state index in [0.29, 0.717) is 10.9 Å². The molecule has 3 rings (SSSR count).